The van der Waals surface area contributed by atoms with Crippen LogP contribution in [-0.2, 0) is 16.6 Å². The van der Waals surface area contributed by atoms with Crippen molar-refractivity contribution >= 4 is 29.3 Å². The van der Waals surface area contributed by atoms with Crippen LogP contribution in [-0.4, -0.2) is 38.2 Å². The summed E-state index contributed by atoms with van der Waals surface area (Å²) in [7, 11) is 1.79. The van der Waals surface area contributed by atoms with E-state index in [-0.39, 0.29) is 34.9 Å². The monoisotopic (exact) mass is 458 g/mol. The molecule has 1 aromatic carbocycles. The van der Waals surface area contributed by atoms with Crippen molar-refractivity contribution in [3.05, 3.63) is 46.4 Å². The number of thioether (sulfide) groups is 1. The van der Waals surface area contributed by atoms with E-state index in [1.54, 1.807) is 25.6 Å². The minimum absolute atomic E-state index is 0.0254. The quantitative estimate of drug-likeness (QED) is 0.661. The second-order valence-electron chi connectivity index (χ2n) is 8.49. The summed E-state index contributed by atoms with van der Waals surface area (Å²) in [5.41, 5.74) is 1.40. The van der Waals surface area contributed by atoms with Crippen LogP contribution in [0.15, 0.2) is 35.1 Å². The van der Waals surface area contributed by atoms with Crippen molar-refractivity contribution in [2.75, 3.05) is 11.1 Å². The van der Waals surface area contributed by atoms with Crippen LogP contribution in [0.25, 0.3) is 5.69 Å². The Hall–Kier alpha value is -2.48. The molecule has 1 fully saturated rings. The summed E-state index contributed by atoms with van der Waals surface area (Å²) in [6, 6.07) is 9.56. The van der Waals surface area contributed by atoms with Crippen molar-refractivity contribution in [1.29, 1.82) is 0 Å². The molecule has 3 rings (SSSR count). The highest BCUT2D eigenvalue weighted by Crippen LogP contribution is 2.19. The van der Waals surface area contributed by atoms with Crippen LogP contribution in [0.5, 0.6) is 0 Å². The normalized spacial score (nSPS) is 16.1. The average molecular weight is 459 g/mol. The highest BCUT2D eigenvalue weighted by atomic mass is 32.2. The molecule has 1 aliphatic rings. The SMILES string of the molecule is Cc1c(NC(=O)C(C)SCC(=O)NC2CCCCCCC2)c(=O)n(-c2ccccc2)n1C. The Morgan fingerprint density at radius 3 is 2.38 bits per heavy atom. The minimum Gasteiger partial charge on any atom is -0.353 e. The molecule has 2 amide bonds. The molecule has 1 unspecified atom stereocenters. The van der Waals surface area contributed by atoms with Gasteiger partial charge in [0.1, 0.15) is 5.69 Å². The van der Waals surface area contributed by atoms with Crippen molar-refractivity contribution in [1.82, 2.24) is 14.7 Å². The zero-order valence-corrected chi connectivity index (χ0v) is 20.0. The van der Waals surface area contributed by atoms with E-state index in [1.807, 2.05) is 30.3 Å². The number of anilines is 1. The Bertz CT molecular complexity index is 975. The molecule has 1 atom stereocenters. The Labute approximate surface area is 193 Å². The zero-order valence-electron chi connectivity index (χ0n) is 19.2. The molecule has 2 N–H and O–H groups in total. The van der Waals surface area contributed by atoms with Crippen LogP contribution in [0.1, 0.15) is 57.6 Å². The number of hydrogen-bond acceptors (Lipinski definition) is 4. The molecule has 1 aliphatic carbocycles. The van der Waals surface area contributed by atoms with Gasteiger partial charge in [0.2, 0.25) is 11.8 Å². The molecule has 7 nitrogen and oxygen atoms in total. The van der Waals surface area contributed by atoms with Crippen LogP contribution in [0.3, 0.4) is 0 Å². The van der Waals surface area contributed by atoms with Gasteiger partial charge in [0.15, 0.2) is 0 Å². The molecule has 0 radical (unpaired) electrons. The number of carbonyl (C=O) groups is 2. The minimum atomic E-state index is -0.456. The molecular weight excluding hydrogens is 424 g/mol. The lowest BCUT2D eigenvalue weighted by Gasteiger charge is -2.21. The summed E-state index contributed by atoms with van der Waals surface area (Å²) in [5, 5.41) is 5.46. The number of hydrogen-bond donors (Lipinski definition) is 2. The van der Waals surface area contributed by atoms with Crippen molar-refractivity contribution in [2.45, 2.75) is 70.1 Å². The second-order valence-corrected chi connectivity index (χ2v) is 9.82. The van der Waals surface area contributed by atoms with Gasteiger partial charge in [-0.15, -0.1) is 11.8 Å². The maximum absolute atomic E-state index is 13.0. The highest BCUT2D eigenvalue weighted by Gasteiger charge is 2.22. The maximum atomic E-state index is 13.0. The van der Waals surface area contributed by atoms with Gasteiger partial charge in [0.05, 0.1) is 22.4 Å². The average Bonchev–Trinajstić information content (AvgIpc) is 2.97. The van der Waals surface area contributed by atoms with Gasteiger partial charge in [-0.3, -0.25) is 19.1 Å². The van der Waals surface area contributed by atoms with Crippen molar-refractivity contribution in [3.63, 3.8) is 0 Å². The molecule has 1 heterocycles. The van der Waals surface area contributed by atoms with Crippen LogP contribution in [0, 0.1) is 6.92 Å². The lowest BCUT2D eigenvalue weighted by molar-refractivity contribution is -0.119. The molecule has 1 saturated carbocycles. The second kappa shape index (κ2) is 11.4. The van der Waals surface area contributed by atoms with E-state index in [2.05, 4.69) is 10.6 Å². The number of benzene rings is 1. The van der Waals surface area contributed by atoms with Gasteiger partial charge in [0, 0.05) is 13.1 Å². The third-order valence-electron chi connectivity index (χ3n) is 6.11. The third kappa shape index (κ3) is 6.06. The topological polar surface area (TPSA) is 85.1 Å². The van der Waals surface area contributed by atoms with E-state index >= 15 is 0 Å². The van der Waals surface area contributed by atoms with Gasteiger partial charge >= 0.3 is 0 Å². The fourth-order valence-electron chi connectivity index (χ4n) is 4.08. The molecule has 0 saturated heterocycles. The lowest BCUT2D eigenvalue weighted by atomic mass is 9.97. The molecule has 0 bridgehead atoms. The van der Waals surface area contributed by atoms with E-state index in [9.17, 15) is 14.4 Å². The van der Waals surface area contributed by atoms with E-state index in [0.29, 0.717) is 5.69 Å². The summed E-state index contributed by atoms with van der Waals surface area (Å²) in [5.74, 6) is -0.0741. The van der Waals surface area contributed by atoms with Gasteiger partial charge in [-0.05, 0) is 38.8 Å². The number of nitrogens with one attached hydrogen (secondary N) is 2. The number of nitrogens with zero attached hydrogens (tertiary/aromatic N) is 2. The number of aromatic nitrogens is 2. The van der Waals surface area contributed by atoms with E-state index in [4.69, 9.17) is 0 Å². The smallest absolute Gasteiger partial charge is 0.295 e. The summed E-state index contributed by atoms with van der Waals surface area (Å²) in [4.78, 5) is 38.1. The molecule has 8 heteroatoms. The first-order valence-electron chi connectivity index (χ1n) is 11.4. The Balaban J connectivity index is 1.56. The first kappa shape index (κ1) is 24.2. The number of para-hydroxylation sites is 1. The fraction of sp³-hybridized carbons (Fsp3) is 0.542. The zero-order chi connectivity index (χ0) is 23.1. The summed E-state index contributed by atoms with van der Waals surface area (Å²) in [6.07, 6.45) is 8.16. The van der Waals surface area contributed by atoms with E-state index in [1.165, 1.54) is 35.7 Å². The highest BCUT2D eigenvalue weighted by molar-refractivity contribution is 8.01. The first-order valence-corrected chi connectivity index (χ1v) is 12.5. The fourth-order valence-corrected chi connectivity index (χ4v) is 4.78. The van der Waals surface area contributed by atoms with Crippen LogP contribution < -0.4 is 16.2 Å². The van der Waals surface area contributed by atoms with Gasteiger partial charge in [-0.25, -0.2) is 4.68 Å². The summed E-state index contributed by atoms with van der Waals surface area (Å²) < 4.78 is 3.26. The van der Waals surface area contributed by atoms with Gasteiger partial charge in [-0.2, -0.15) is 0 Å². The Morgan fingerprint density at radius 2 is 1.72 bits per heavy atom. The number of carbonyl (C=O) groups excluding carboxylic acids is 2. The van der Waals surface area contributed by atoms with Crippen LogP contribution in [0.2, 0.25) is 0 Å². The molecule has 0 aliphatic heterocycles. The van der Waals surface area contributed by atoms with Gasteiger partial charge < -0.3 is 10.6 Å². The predicted octanol–water partition coefficient (Wildman–Crippen LogP) is 3.77. The third-order valence-corrected chi connectivity index (χ3v) is 7.25. The molecule has 0 spiro atoms. The Morgan fingerprint density at radius 1 is 1.09 bits per heavy atom. The van der Waals surface area contributed by atoms with E-state index < -0.39 is 5.25 Å². The standard InChI is InChI=1S/C24H34N4O3S/c1-17-22(24(31)28(27(17)3)20-14-10-7-11-15-20)26-23(30)18(2)32-16-21(29)25-19-12-8-5-4-6-9-13-19/h7,10-11,14-15,18-19H,4-6,8-9,12-13,16H2,1-3H3,(H,25,29)(H,26,30). The van der Waals surface area contributed by atoms with Crippen molar-refractivity contribution < 1.29 is 9.59 Å². The maximum Gasteiger partial charge on any atom is 0.295 e. The number of rotatable bonds is 7. The van der Waals surface area contributed by atoms with Crippen LogP contribution in [0.4, 0.5) is 5.69 Å². The first-order chi connectivity index (χ1) is 15.4. The van der Waals surface area contributed by atoms with Crippen molar-refractivity contribution in [2.24, 2.45) is 7.05 Å². The predicted molar refractivity (Wildman–Crippen MR) is 131 cm³/mol. The van der Waals surface area contributed by atoms with Crippen LogP contribution >= 0.6 is 11.8 Å². The van der Waals surface area contributed by atoms with Gasteiger partial charge in [-0.1, -0.05) is 50.3 Å². The van der Waals surface area contributed by atoms with Crippen molar-refractivity contribution in [3.8, 4) is 5.69 Å². The lowest BCUT2D eigenvalue weighted by Crippen LogP contribution is -2.37. The molecular formula is C24H34N4O3S. The molecule has 32 heavy (non-hydrogen) atoms. The number of amides is 2. The van der Waals surface area contributed by atoms with E-state index in [0.717, 1.165) is 31.4 Å². The molecule has 1 aromatic heterocycles. The molecule has 2 aromatic rings. The Kier molecular flexibility index (Phi) is 8.61. The van der Waals surface area contributed by atoms with Gasteiger partial charge in [0.25, 0.3) is 5.56 Å². The molecule has 174 valence electrons. The summed E-state index contributed by atoms with van der Waals surface area (Å²) in [6.45, 7) is 3.56. The summed E-state index contributed by atoms with van der Waals surface area (Å²) >= 11 is 1.29. The largest absolute Gasteiger partial charge is 0.353 e.